The number of aryl methyl sites for hydroxylation is 1. The second-order valence-electron chi connectivity index (χ2n) is 5.26. The minimum atomic E-state index is -0.0850. The van der Waals surface area contributed by atoms with E-state index in [4.69, 9.17) is 16.3 Å². The summed E-state index contributed by atoms with van der Waals surface area (Å²) in [7, 11) is 0. The summed E-state index contributed by atoms with van der Waals surface area (Å²) in [6, 6.07) is 5.88. The van der Waals surface area contributed by atoms with E-state index in [1.165, 1.54) is 0 Å². The molecule has 2 atom stereocenters. The maximum atomic E-state index is 11.9. The molecule has 2 unspecified atom stereocenters. The Balaban J connectivity index is 0.00000220. The van der Waals surface area contributed by atoms with Crippen LogP contribution in [0.15, 0.2) is 18.2 Å². The smallest absolute Gasteiger partial charge is 0.258 e. The number of carbonyl (C=O) groups excluding carboxylic acids is 1. The Hall–Kier alpha value is -0.970. The number of rotatable bonds is 4. The first-order chi connectivity index (χ1) is 9.56. The molecule has 1 aliphatic heterocycles. The first kappa shape index (κ1) is 18.1. The van der Waals surface area contributed by atoms with Gasteiger partial charge in [-0.2, -0.15) is 0 Å². The minimum absolute atomic E-state index is 0. The SMILES string of the molecule is Cc1cc(OCC(=O)NC2CCCNC2C)ccc1Cl.Cl. The number of amides is 1. The molecular formula is C15H22Cl2N2O2. The summed E-state index contributed by atoms with van der Waals surface area (Å²) < 4.78 is 5.49. The predicted molar refractivity (Wildman–Crippen MR) is 87.6 cm³/mol. The summed E-state index contributed by atoms with van der Waals surface area (Å²) in [5.74, 6) is 0.579. The molecule has 118 valence electrons. The number of benzene rings is 1. The van der Waals surface area contributed by atoms with Gasteiger partial charge in [-0.15, -0.1) is 12.4 Å². The number of halogens is 2. The zero-order chi connectivity index (χ0) is 14.5. The van der Waals surface area contributed by atoms with Gasteiger partial charge in [-0.05, 0) is 57.0 Å². The van der Waals surface area contributed by atoms with Crippen LogP contribution in [0, 0.1) is 6.92 Å². The highest BCUT2D eigenvalue weighted by Gasteiger charge is 2.22. The van der Waals surface area contributed by atoms with Crippen LogP contribution < -0.4 is 15.4 Å². The molecule has 0 saturated carbocycles. The molecule has 1 amide bonds. The minimum Gasteiger partial charge on any atom is -0.484 e. The number of carbonyl (C=O) groups is 1. The van der Waals surface area contributed by atoms with Crippen molar-refractivity contribution in [1.82, 2.24) is 10.6 Å². The fraction of sp³-hybridized carbons (Fsp3) is 0.533. The molecule has 2 N–H and O–H groups in total. The predicted octanol–water partition coefficient (Wildman–Crippen LogP) is 2.71. The molecule has 4 nitrogen and oxygen atoms in total. The van der Waals surface area contributed by atoms with Gasteiger partial charge in [0.15, 0.2) is 6.61 Å². The Labute approximate surface area is 137 Å². The first-order valence-electron chi connectivity index (χ1n) is 6.98. The van der Waals surface area contributed by atoms with Crippen LogP contribution in [0.2, 0.25) is 5.02 Å². The Morgan fingerprint density at radius 1 is 1.52 bits per heavy atom. The zero-order valence-corrected chi connectivity index (χ0v) is 13.9. The van der Waals surface area contributed by atoms with Gasteiger partial charge in [-0.25, -0.2) is 0 Å². The van der Waals surface area contributed by atoms with Gasteiger partial charge in [0.05, 0.1) is 0 Å². The summed E-state index contributed by atoms with van der Waals surface area (Å²) in [5, 5.41) is 7.07. The quantitative estimate of drug-likeness (QED) is 0.891. The Morgan fingerprint density at radius 3 is 2.95 bits per heavy atom. The van der Waals surface area contributed by atoms with Crippen LogP contribution in [0.3, 0.4) is 0 Å². The lowest BCUT2D eigenvalue weighted by atomic mass is 10.00. The summed E-state index contributed by atoms with van der Waals surface area (Å²) in [6.07, 6.45) is 2.10. The van der Waals surface area contributed by atoms with Crippen molar-refractivity contribution in [1.29, 1.82) is 0 Å². The van der Waals surface area contributed by atoms with Crippen LogP contribution in [0.25, 0.3) is 0 Å². The number of hydrogen-bond donors (Lipinski definition) is 2. The van der Waals surface area contributed by atoms with Crippen LogP contribution in [0.1, 0.15) is 25.3 Å². The molecule has 0 aliphatic carbocycles. The van der Waals surface area contributed by atoms with Crippen molar-refractivity contribution in [3.8, 4) is 5.75 Å². The van der Waals surface area contributed by atoms with Crippen molar-refractivity contribution in [3.63, 3.8) is 0 Å². The lowest BCUT2D eigenvalue weighted by molar-refractivity contribution is -0.124. The van der Waals surface area contributed by atoms with E-state index in [0.717, 1.165) is 24.9 Å². The van der Waals surface area contributed by atoms with Gasteiger partial charge in [0, 0.05) is 17.1 Å². The highest BCUT2D eigenvalue weighted by atomic mass is 35.5. The van der Waals surface area contributed by atoms with E-state index in [0.29, 0.717) is 16.8 Å². The van der Waals surface area contributed by atoms with E-state index in [2.05, 4.69) is 17.6 Å². The van der Waals surface area contributed by atoms with Gasteiger partial charge in [0.1, 0.15) is 5.75 Å². The van der Waals surface area contributed by atoms with Gasteiger partial charge in [0.2, 0.25) is 0 Å². The largest absolute Gasteiger partial charge is 0.484 e. The van der Waals surface area contributed by atoms with Crippen LogP contribution in [-0.4, -0.2) is 31.1 Å². The number of ether oxygens (including phenoxy) is 1. The van der Waals surface area contributed by atoms with Crippen molar-refractivity contribution in [2.24, 2.45) is 0 Å². The normalized spacial score (nSPS) is 21.3. The third kappa shape index (κ3) is 5.38. The molecule has 0 spiro atoms. The highest BCUT2D eigenvalue weighted by molar-refractivity contribution is 6.31. The molecule has 1 fully saturated rings. The number of hydrogen-bond acceptors (Lipinski definition) is 3. The molecule has 2 rings (SSSR count). The van der Waals surface area contributed by atoms with Crippen molar-refractivity contribution >= 4 is 29.9 Å². The molecule has 6 heteroatoms. The Bertz CT molecular complexity index is 483. The summed E-state index contributed by atoms with van der Waals surface area (Å²) in [5.41, 5.74) is 0.940. The van der Waals surface area contributed by atoms with Crippen LogP contribution in [-0.2, 0) is 4.79 Å². The average molecular weight is 333 g/mol. The lowest BCUT2D eigenvalue weighted by Crippen LogP contribution is -2.52. The third-order valence-corrected chi connectivity index (χ3v) is 4.03. The van der Waals surface area contributed by atoms with Crippen molar-refractivity contribution in [2.45, 2.75) is 38.8 Å². The lowest BCUT2D eigenvalue weighted by Gasteiger charge is -2.30. The van der Waals surface area contributed by atoms with E-state index in [-0.39, 0.29) is 31.0 Å². The van der Waals surface area contributed by atoms with Crippen LogP contribution >= 0.6 is 24.0 Å². The maximum absolute atomic E-state index is 11.9. The Morgan fingerprint density at radius 2 is 2.29 bits per heavy atom. The topological polar surface area (TPSA) is 50.4 Å². The molecular weight excluding hydrogens is 311 g/mol. The average Bonchev–Trinajstić information content (AvgIpc) is 2.43. The van der Waals surface area contributed by atoms with Crippen molar-refractivity contribution < 1.29 is 9.53 Å². The molecule has 1 aliphatic rings. The van der Waals surface area contributed by atoms with Crippen molar-refractivity contribution in [2.75, 3.05) is 13.2 Å². The fourth-order valence-corrected chi connectivity index (χ4v) is 2.46. The second-order valence-corrected chi connectivity index (χ2v) is 5.67. The fourth-order valence-electron chi connectivity index (χ4n) is 2.35. The monoisotopic (exact) mass is 332 g/mol. The second kappa shape index (κ2) is 8.47. The number of nitrogens with one attached hydrogen (secondary N) is 2. The maximum Gasteiger partial charge on any atom is 0.258 e. The van der Waals surface area contributed by atoms with Crippen LogP contribution in [0.4, 0.5) is 0 Å². The van der Waals surface area contributed by atoms with E-state index in [1.54, 1.807) is 12.1 Å². The van der Waals surface area contributed by atoms with E-state index in [9.17, 15) is 4.79 Å². The number of piperidine rings is 1. The standard InChI is InChI=1S/C15H21ClN2O2.ClH/c1-10-8-12(5-6-13(10)16)20-9-15(19)18-14-4-3-7-17-11(14)2;/h5-6,8,11,14,17H,3-4,7,9H2,1-2H3,(H,18,19);1H. The van der Waals surface area contributed by atoms with Crippen molar-refractivity contribution in [3.05, 3.63) is 28.8 Å². The molecule has 1 saturated heterocycles. The van der Waals surface area contributed by atoms with Gasteiger partial charge >= 0.3 is 0 Å². The molecule has 21 heavy (non-hydrogen) atoms. The third-order valence-electron chi connectivity index (χ3n) is 3.61. The van der Waals surface area contributed by atoms with Crippen LogP contribution in [0.5, 0.6) is 5.75 Å². The summed E-state index contributed by atoms with van der Waals surface area (Å²) >= 11 is 5.95. The van der Waals surface area contributed by atoms with Gasteiger partial charge in [-0.1, -0.05) is 11.6 Å². The van der Waals surface area contributed by atoms with E-state index in [1.807, 2.05) is 13.0 Å². The zero-order valence-electron chi connectivity index (χ0n) is 12.3. The van der Waals surface area contributed by atoms with Gasteiger partial charge in [0.25, 0.3) is 5.91 Å². The molecule has 1 aromatic carbocycles. The van der Waals surface area contributed by atoms with Gasteiger partial charge < -0.3 is 15.4 Å². The molecule has 0 aromatic heterocycles. The molecule has 0 bridgehead atoms. The van der Waals surface area contributed by atoms with E-state index >= 15 is 0 Å². The van der Waals surface area contributed by atoms with Gasteiger partial charge in [-0.3, -0.25) is 4.79 Å². The summed E-state index contributed by atoms with van der Waals surface area (Å²) in [4.78, 5) is 11.9. The Kier molecular flexibility index (Phi) is 7.29. The summed E-state index contributed by atoms with van der Waals surface area (Å²) in [6.45, 7) is 5.05. The first-order valence-corrected chi connectivity index (χ1v) is 7.36. The molecule has 0 radical (unpaired) electrons. The highest BCUT2D eigenvalue weighted by Crippen LogP contribution is 2.20. The molecule has 1 aromatic rings. The molecule has 1 heterocycles. The van der Waals surface area contributed by atoms with E-state index < -0.39 is 0 Å².